The number of amides is 2. The summed E-state index contributed by atoms with van der Waals surface area (Å²) in [5.41, 5.74) is 1.73. The minimum absolute atomic E-state index is 0.184. The molecule has 1 atom stereocenters. The van der Waals surface area contributed by atoms with E-state index in [1.165, 1.54) is 0 Å². The van der Waals surface area contributed by atoms with Crippen molar-refractivity contribution >= 4 is 11.7 Å². The number of anilines is 1. The molecule has 6 nitrogen and oxygen atoms in total. The van der Waals surface area contributed by atoms with Gasteiger partial charge in [0.25, 0.3) is 0 Å². The molecule has 0 aromatic carbocycles. The Kier molecular flexibility index (Phi) is 3.85. The van der Waals surface area contributed by atoms with Crippen LogP contribution in [0.1, 0.15) is 17.8 Å². The van der Waals surface area contributed by atoms with Gasteiger partial charge in [0, 0.05) is 38.1 Å². The van der Waals surface area contributed by atoms with Gasteiger partial charge in [-0.2, -0.15) is 0 Å². The molecule has 0 fully saturated rings. The monoisotopic (exact) mass is 285 g/mol. The van der Waals surface area contributed by atoms with E-state index < -0.39 is 0 Å². The highest BCUT2D eigenvalue weighted by atomic mass is 16.2. The molecule has 6 heteroatoms. The third kappa shape index (κ3) is 3.39. The third-order valence-electron chi connectivity index (χ3n) is 3.74. The second kappa shape index (κ2) is 5.95. The molecule has 110 valence electrons. The minimum Gasteiger partial charge on any atom is -0.338 e. The minimum atomic E-state index is -0.184. The van der Waals surface area contributed by atoms with Crippen LogP contribution in [0.25, 0.3) is 0 Å². The number of urea groups is 1. The highest BCUT2D eigenvalue weighted by Crippen LogP contribution is 2.18. The van der Waals surface area contributed by atoms with Crippen molar-refractivity contribution in [1.29, 1.82) is 0 Å². The van der Waals surface area contributed by atoms with Crippen molar-refractivity contribution < 1.29 is 4.79 Å². The fourth-order valence-electron chi connectivity index (χ4n) is 2.63. The molecule has 0 spiro atoms. The van der Waals surface area contributed by atoms with Crippen molar-refractivity contribution in [2.75, 3.05) is 11.9 Å². The van der Waals surface area contributed by atoms with E-state index in [1.807, 2.05) is 25.4 Å². The number of aryl methyl sites for hydroxylation is 2. The fraction of sp³-hybridized carbons (Fsp3) is 0.400. The van der Waals surface area contributed by atoms with E-state index >= 15 is 0 Å². The number of nitrogens with zero attached hydrogens (tertiary/aromatic N) is 3. The van der Waals surface area contributed by atoms with Crippen molar-refractivity contribution in [2.45, 2.75) is 26.3 Å². The zero-order chi connectivity index (χ0) is 14.7. The summed E-state index contributed by atoms with van der Waals surface area (Å²) >= 11 is 0. The maximum absolute atomic E-state index is 11.9. The first-order valence-electron chi connectivity index (χ1n) is 7.17. The smallest absolute Gasteiger partial charge is 0.319 e. The predicted molar refractivity (Wildman–Crippen MR) is 80.0 cm³/mol. The molecule has 0 aliphatic carbocycles. The van der Waals surface area contributed by atoms with E-state index in [0.717, 1.165) is 30.8 Å². The summed E-state index contributed by atoms with van der Waals surface area (Å²) in [5.74, 6) is 1.55. The second-order valence-electron chi connectivity index (χ2n) is 5.48. The van der Waals surface area contributed by atoms with E-state index in [2.05, 4.69) is 25.2 Å². The molecule has 21 heavy (non-hydrogen) atoms. The van der Waals surface area contributed by atoms with Crippen LogP contribution in [0, 0.1) is 12.8 Å². The lowest BCUT2D eigenvalue weighted by Gasteiger charge is -2.23. The lowest BCUT2D eigenvalue weighted by molar-refractivity contribution is 0.248. The molecule has 0 saturated heterocycles. The topological polar surface area (TPSA) is 71.8 Å². The Morgan fingerprint density at radius 1 is 1.48 bits per heavy atom. The summed E-state index contributed by atoms with van der Waals surface area (Å²) in [7, 11) is 0. The van der Waals surface area contributed by atoms with Crippen LogP contribution >= 0.6 is 0 Å². The number of aromatic nitrogens is 3. The zero-order valence-electron chi connectivity index (χ0n) is 12.0. The Bertz CT molecular complexity index is 636. The summed E-state index contributed by atoms with van der Waals surface area (Å²) < 4.78 is 2.18. The van der Waals surface area contributed by atoms with E-state index in [9.17, 15) is 4.79 Å². The van der Waals surface area contributed by atoms with E-state index in [1.54, 1.807) is 12.4 Å². The van der Waals surface area contributed by atoms with Crippen LogP contribution in [0.4, 0.5) is 10.5 Å². The molecular formula is C15H19N5O. The first-order valence-corrected chi connectivity index (χ1v) is 7.17. The number of pyridine rings is 1. The molecule has 2 N–H and O–H groups in total. The standard InChI is InChI=1S/C15H19N5O/c1-11-6-13(10-16-8-11)19-15(21)18-9-12-2-4-20-5-3-17-14(20)7-12/h3,5-6,8,10,12H,2,4,7,9H2,1H3,(H2,18,19,21). The van der Waals surface area contributed by atoms with Gasteiger partial charge in [0.05, 0.1) is 11.9 Å². The van der Waals surface area contributed by atoms with E-state index in [0.29, 0.717) is 18.2 Å². The lowest BCUT2D eigenvalue weighted by Crippen LogP contribution is -2.35. The van der Waals surface area contributed by atoms with Gasteiger partial charge in [-0.15, -0.1) is 0 Å². The van der Waals surface area contributed by atoms with Crippen molar-refractivity contribution in [3.8, 4) is 0 Å². The van der Waals surface area contributed by atoms with Gasteiger partial charge in [0.2, 0.25) is 0 Å². The van der Waals surface area contributed by atoms with Gasteiger partial charge < -0.3 is 15.2 Å². The SMILES string of the molecule is Cc1cncc(NC(=O)NCC2CCn3ccnc3C2)c1. The van der Waals surface area contributed by atoms with Crippen molar-refractivity contribution in [3.63, 3.8) is 0 Å². The van der Waals surface area contributed by atoms with E-state index in [4.69, 9.17) is 0 Å². The van der Waals surface area contributed by atoms with Gasteiger partial charge in [-0.05, 0) is 30.9 Å². The molecule has 1 aliphatic heterocycles. The fourth-order valence-corrected chi connectivity index (χ4v) is 2.63. The summed E-state index contributed by atoms with van der Waals surface area (Å²) in [6.07, 6.45) is 9.23. The van der Waals surface area contributed by atoms with Crippen LogP contribution in [0.5, 0.6) is 0 Å². The Hall–Kier alpha value is -2.37. The van der Waals surface area contributed by atoms with Gasteiger partial charge in [0.15, 0.2) is 0 Å². The predicted octanol–water partition coefficient (Wildman–Crippen LogP) is 1.97. The lowest BCUT2D eigenvalue weighted by atomic mass is 9.98. The number of fused-ring (bicyclic) bond motifs is 1. The quantitative estimate of drug-likeness (QED) is 0.905. The van der Waals surface area contributed by atoms with Crippen molar-refractivity contribution in [1.82, 2.24) is 19.9 Å². The van der Waals surface area contributed by atoms with Crippen LogP contribution in [-0.4, -0.2) is 27.1 Å². The molecule has 1 aliphatic rings. The normalized spacial score (nSPS) is 17.1. The van der Waals surface area contributed by atoms with Crippen LogP contribution in [0.3, 0.4) is 0 Å². The average molecular weight is 285 g/mol. The number of hydrogen-bond donors (Lipinski definition) is 2. The highest BCUT2D eigenvalue weighted by molar-refractivity contribution is 5.89. The van der Waals surface area contributed by atoms with Crippen LogP contribution < -0.4 is 10.6 Å². The molecule has 2 aromatic heterocycles. The summed E-state index contributed by atoms with van der Waals surface area (Å²) in [6, 6.07) is 1.71. The Balaban J connectivity index is 1.48. The molecular weight excluding hydrogens is 266 g/mol. The van der Waals surface area contributed by atoms with Crippen molar-refractivity contribution in [2.24, 2.45) is 5.92 Å². The molecule has 2 aromatic rings. The second-order valence-corrected chi connectivity index (χ2v) is 5.48. The van der Waals surface area contributed by atoms with Crippen LogP contribution in [-0.2, 0) is 13.0 Å². The number of hydrogen-bond acceptors (Lipinski definition) is 3. The number of imidazole rings is 1. The van der Waals surface area contributed by atoms with Gasteiger partial charge >= 0.3 is 6.03 Å². The molecule has 0 bridgehead atoms. The van der Waals surface area contributed by atoms with E-state index in [-0.39, 0.29) is 6.03 Å². The Morgan fingerprint density at radius 3 is 3.24 bits per heavy atom. The highest BCUT2D eigenvalue weighted by Gasteiger charge is 2.19. The maximum atomic E-state index is 11.9. The summed E-state index contributed by atoms with van der Waals surface area (Å²) in [4.78, 5) is 20.3. The van der Waals surface area contributed by atoms with Gasteiger partial charge in [-0.25, -0.2) is 9.78 Å². The average Bonchev–Trinajstić information content (AvgIpc) is 2.92. The van der Waals surface area contributed by atoms with Crippen molar-refractivity contribution in [3.05, 3.63) is 42.2 Å². The third-order valence-corrected chi connectivity index (χ3v) is 3.74. The number of carbonyl (C=O) groups excluding carboxylic acids is 1. The molecule has 3 rings (SSSR count). The van der Waals surface area contributed by atoms with Crippen LogP contribution in [0.15, 0.2) is 30.9 Å². The number of carbonyl (C=O) groups is 1. The van der Waals surface area contributed by atoms with Gasteiger partial charge in [0.1, 0.15) is 5.82 Å². The first-order chi connectivity index (χ1) is 10.2. The molecule has 0 saturated carbocycles. The Labute approximate surface area is 123 Å². The number of rotatable bonds is 3. The zero-order valence-corrected chi connectivity index (χ0v) is 12.0. The Morgan fingerprint density at radius 2 is 2.38 bits per heavy atom. The number of nitrogens with one attached hydrogen (secondary N) is 2. The van der Waals surface area contributed by atoms with Gasteiger partial charge in [-0.1, -0.05) is 0 Å². The molecule has 2 amide bonds. The summed E-state index contributed by atoms with van der Waals surface area (Å²) in [6.45, 7) is 3.59. The van der Waals surface area contributed by atoms with Crippen LogP contribution in [0.2, 0.25) is 0 Å². The summed E-state index contributed by atoms with van der Waals surface area (Å²) in [5, 5.41) is 5.73. The van der Waals surface area contributed by atoms with Gasteiger partial charge in [-0.3, -0.25) is 4.98 Å². The molecule has 1 unspecified atom stereocenters. The molecule has 3 heterocycles. The largest absolute Gasteiger partial charge is 0.338 e. The molecule has 0 radical (unpaired) electrons. The maximum Gasteiger partial charge on any atom is 0.319 e. The first kappa shape index (κ1) is 13.6.